The molecule has 0 aliphatic carbocycles. The Labute approximate surface area is 143 Å². The minimum atomic E-state index is -5.52. The van der Waals surface area contributed by atoms with Crippen LogP contribution in [0.5, 0.6) is 0 Å². The van der Waals surface area contributed by atoms with Gasteiger partial charge < -0.3 is 0 Å². The van der Waals surface area contributed by atoms with Crippen molar-refractivity contribution in [2.45, 2.75) is 19.0 Å². The lowest BCUT2D eigenvalue weighted by Crippen LogP contribution is -2.59. The van der Waals surface area contributed by atoms with E-state index in [4.69, 9.17) is 5.84 Å². The van der Waals surface area contributed by atoms with Crippen LogP contribution in [-0.2, 0) is 19.2 Å². The molecule has 3 N–H and O–H groups in total. The number of amides is 4. The number of hydrogen-bond donors (Lipinski definition) is 2. The number of nitrogens with two attached hydrogens (primary N) is 1. The third-order valence-corrected chi connectivity index (χ3v) is 3.52. The van der Waals surface area contributed by atoms with E-state index < -0.39 is 58.8 Å². The first-order valence-corrected chi connectivity index (χ1v) is 6.96. The molecule has 4 amide bonds. The number of nitrogen functional groups attached to an aromatic ring is 1. The van der Waals surface area contributed by atoms with E-state index >= 15 is 0 Å². The van der Waals surface area contributed by atoms with E-state index in [1.165, 1.54) is 0 Å². The zero-order chi connectivity index (χ0) is 19.7. The van der Waals surface area contributed by atoms with Crippen LogP contribution < -0.4 is 11.3 Å². The molecule has 1 heterocycles. The number of carbonyl (C=O) groups excluding carboxylic acids is 5. The van der Waals surface area contributed by atoms with Crippen molar-refractivity contribution < 1.29 is 46.6 Å². The van der Waals surface area contributed by atoms with Crippen LogP contribution in [0.25, 0.3) is 0 Å². The van der Waals surface area contributed by atoms with Crippen molar-refractivity contribution in [2.24, 2.45) is 5.84 Å². The van der Waals surface area contributed by atoms with Crippen molar-refractivity contribution in [3.05, 3.63) is 35.4 Å². The molecule has 9 nitrogen and oxygen atoms in total. The minimum Gasteiger partial charge on any atom is -0.290 e. The van der Waals surface area contributed by atoms with Crippen molar-refractivity contribution in [3.63, 3.8) is 0 Å². The molecule has 1 aromatic carbocycles. The number of alkyl halides is 3. The molecule has 1 aromatic rings. The molecular formula is C14H11F3N3O6+. The summed E-state index contributed by atoms with van der Waals surface area (Å²) < 4.78 is 35.1. The number of nitrogens with one attached hydrogen (secondary N) is 1. The zero-order valence-electron chi connectivity index (χ0n) is 12.8. The molecule has 12 heteroatoms. The lowest BCUT2D eigenvalue weighted by molar-refractivity contribution is -0.888. The average Bonchev–Trinajstić information content (AvgIpc) is 2.88. The highest BCUT2D eigenvalue weighted by atomic mass is 19.4. The number of quaternary nitrogens is 1. The van der Waals surface area contributed by atoms with E-state index in [9.17, 15) is 37.1 Å². The number of carbonyl (C=O) groups is 5. The van der Waals surface area contributed by atoms with Crippen molar-refractivity contribution in [1.29, 1.82) is 0 Å². The number of nitrogens with zero attached hydrogens (tertiary/aromatic N) is 1. The van der Waals surface area contributed by atoms with Gasteiger partial charge >= 0.3 is 29.9 Å². The molecule has 1 aliphatic heterocycles. The Morgan fingerprint density at radius 2 is 1.46 bits per heavy atom. The third kappa shape index (κ3) is 3.19. The predicted octanol–water partition coefficient (Wildman–Crippen LogP) is 0.115. The molecule has 138 valence electrons. The normalized spacial score (nSPS) is 16.3. The van der Waals surface area contributed by atoms with Crippen molar-refractivity contribution in [3.8, 4) is 0 Å². The van der Waals surface area contributed by atoms with Crippen LogP contribution in [0.2, 0.25) is 0 Å². The topological polar surface area (TPSA) is 133 Å². The van der Waals surface area contributed by atoms with Crippen LogP contribution in [0.3, 0.4) is 0 Å². The number of likely N-dealkylation sites (tertiary alicyclic amines) is 1. The second-order valence-corrected chi connectivity index (χ2v) is 5.13. The van der Waals surface area contributed by atoms with E-state index in [0.29, 0.717) is 0 Å². The molecule has 0 spiro atoms. The lowest BCUT2D eigenvalue weighted by atomic mass is 10.1. The van der Waals surface area contributed by atoms with Crippen LogP contribution in [-0.4, -0.2) is 40.4 Å². The highest BCUT2D eigenvalue weighted by molar-refractivity contribution is 6.08. The molecule has 0 bridgehead atoms. The van der Waals surface area contributed by atoms with Gasteiger partial charge in [-0.15, -0.1) is 0 Å². The smallest absolute Gasteiger partial charge is 0.290 e. The number of rotatable bonds is 2. The summed E-state index contributed by atoms with van der Waals surface area (Å²) in [5.41, 5.74) is 1.40. The zero-order valence-corrected chi connectivity index (χ0v) is 12.8. The second-order valence-electron chi connectivity index (χ2n) is 5.13. The van der Waals surface area contributed by atoms with Gasteiger partial charge in [0, 0.05) is 5.56 Å². The van der Waals surface area contributed by atoms with E-state index in [2.05, 4.69) is 4.84 Å². The summed E-state index contributed by atoms with van der Waals surface area (Å²) in [5, 5.41) is 0. The summed E-state index contributed by atoms with van der Waals surface area (Å²) in [4.78, 5) is 63.1. The maximum Gasteiger partial charge on any atom is 0.497 e. The van der Waals surface area contributed by atoms with Crippen molar-refractivity contribution in [2.75, 3.05) is 0 Å². The van der Waals surface area contributed by atoms with Gasteiger partial charge in [0.2, 0.25) is 0 Å². The predicted molar refractivity (Wildman–Crippen MR) is 74.1 cm³/mol. The van der Waals surface area contributed by atoms with Crippen LogP contribution in [0, 0.1) is 0 Å². The molecule has 1 saturated heterocycles. The molecule has 2 rings (SSSR count). The van der Waals surface area contributed by atoms with Crippen LogP contribution in [0.15, 0.2) is 24.3 Å². The fraction of sp³-hybridized carbons (Fsp3) is 0.214. The fourth-order valence-electron chi connectivity index (χ4n) is 2.24. The molecule has 0 unspecified atom stereocenters. The summed E-state index contributed by atoms with van der Waals surface area (Å²) in [7, 11) is 0. The third-order valence-electron chi connectivity index (χ3n) is 3.52. The Kier molecular flexibility index (Phi) is 4.91. The molecule has 1 aliphatic rings. The highest BCUT2D eigenvalue weighted by Crippen LogP contribution is 2.30. The van der Waals surface area contributed by atoms with Gasteiger partial charge in [-0.2, -0.15) is 13.2 Å². The van der Waals surface area contributed by atoms with E-state index in [0.717, 1.165) is 24.3 Å². The fourth-order valence-corrected chi connectivity index (χ4v) is 2.24. The minimum absolute atomic E-state index is 0.00182. The molecule has 1 fully saturated rings. The Morgan fingerprint density at radius 3 is 1.88 bits per heavy atom. The maximum atomic E-state index is 12.6. The summed E-state index contributed by atoms with van der Waals surface area (Å²) in [5.74, 6) is -2.73. The van der Waals surface area contributed by atoms with E-state index in [-0.39, 0.29) is 5.56 Å². The van der Waals surface area contributed by atoms with Crippen LogP contribution in [0.1, 0.15) is 33.6 Å². The monoisotopic (exact) mass is 374 g/mol. The maximum absolute atomic E-state index is 12.6. The van der Waals surface area contributed by atoms with Gasteiger partial charge in [-0.3, -0.25) is 10.2 Å². The quantitative estimate of drug-likeness (QED) is 0.247. The first-order chi connectivity index (χ1) is 12.0. The van der Waals surface area contributed by atoms with Crippen LogP contribution >= 0.6 is 0 Å². The van der Waals surface area contributed by atoms with Crippen molar-refractivity contribution in [1.82, 2.24) is 5.43 Å². The summed E-state index contributed by atoms with van der Waals surface area (Å²) in [6, 6.07) is 4.13. The summed E-state index contributed by atoms with van der Waals surface area (Å²) in [6.07, 6.45) is -6.65. The van der Waals surface area contributed by atoms with Gasteiger partial charge in [0.1, 0.15) is 0 Å². The number of hydroxylamine groups is 3. The van der Waals surface area contributed by atoms with Crippen molar-refractivity contribution >= 4 is 29.6 Å². The number of hydrogen-bond acceptors (Lipinski definition) is 7. The molecule has 26 heavy (non-hydrogen) atoms. The SMILES string of the molecule is NNC(=O)c1ccc(C(=O)[N+]2(OC(=O)C(F)(F)F)C(=O)CCC2=O)cc1. The summed E-state index contributed by atoms with van der Waals surface area (Å²) >= 11 is 0. The van der Waals surface area contributed by atoms with Gasteiger partial charge in [-0.1, -0.05) is 0 Å². The average molecular weight is 374 g/mol. The number of imide groups is 3. The first kappa shape index (κ1) is 19.2. The van der Waals surface area contributed by atoms with E-state index in [1.54, 1.807) is 0 Å². The molecule has 0 saturated carbocycles. The standard InChI is InChI=1S/C14H10F3N3O6/c15-14(16,17)13(25)26-20(9(21)5-6-10(20)22)12(24)8-3-1-7(2-4-8)11(23)19-18/h1-4H,5-6H2,(H2-,18,19,23,24)/p+1. The van der Waals surface area contributed by atoms with Gasteiger partial charge in [0.25, 0.3) is 5.91 Å². The number of benzene rings is 1. The summed E-state index contributed by atoms with van der Waals surface area (Å²) in [6.45, 7) is 0. The largest absolute Gasteiger partial charge is 0.497 e. The second kappa shape index (κ2) is 6.65. The van der Waals surface area contributed by atoms with E-state index in [1.807, 2.05) is 5.43 Å². The van der Waals surface area contributed by atoms with Gasteiger partial charge in [-0.05, 0) is 24.3 Å². The Hall–Kier alpha value is -3.12. The Balaban J connectivity index is 2.45. The Morgan fingerprint density at radius 1 is 1.00 bits per heavy atom. The van der Waals surface area contributed by atoms with Gasteiger partial charge in [0.15, 0.2) is 0 Å². The number of hydrazine groups is 1. The molecule has 0 radical (unpaired) electrons. The molecule has 0 atom stereocenters. The highest BCUT2D eigenvalue weighted by Gasteiger charge is 2.64. The van der Waals surface area contributed by atoms with Gasteiger partial charge in [-0.25, -0.2) is 29.9 Å². The lowest BCUT2D eigenvalue weighted by Gasteiger charge is -2.22. The molecule has 0 aromatic heterocycles. The first-order valence-electron chi connectivity index (χ1n) is 6.96. The molecular weight excluding hydrogens is 363 g/mol. The Bertz CT molecular complexity index is 787. The van der Waals surface area contributed by atoms with Gasteiger partial charge in [0.05, 0.1) is 23.1 Å². The number of halogens is 3. The van der Waals surface area contributed by atoms with Crippen LogP contribution in [0.4, 0.5) is 13.2 Å².